The van der Waals surface area contributed by atoms with E-state index in [0.717, 1.165) is 17.7 Å². The van der Waals surface area contributed by atoms with Gasteiger partial charge in [-0.25, -0.2) is 0 Å². The quantitative estimate of drug-likeness (QED) is 0.544. The van der Waals surface area contributed by atoms with E-state index in [1.165, 1.54) is 0 Å². The minimum Gasteiger partial charge on any atom is -0.488 e. The number of aldehydes is 1. The van der Waals surface area contributed by atoms with E-state index in [1.54, 1.807) is 34.7 Å². The van der Waals surface area contributed by atoms with Gasteiger partial charge in [0.2, 0.25) is 0 Å². The highest BCUT2D eigenvalue weighted by molar-refractivity contribution is 14.1. The van der Waals surface area contributed by atoms with Gasteiger partial charge in [-0.1, -0.05) is 30.3 Å². The standard InChI is InChI=1S/C15H10F3IO2/c16-15(17,18)12-6-11(8-20)14(19)13(7-12)21-9-10-4-2-1-3-5-10/h1-8H,9H2. The van der Waals surface area contributed by atoms with E-state index in [9.17, 15) is 18.0 Å². The third kappa shape index (κ3) is 3.96. The molecule has 21 heavy (non-hydrogen) atoms. The fourth-order valence-corrected chi connectivity index (χ4v) is 2.30. The first-order valence-electron chi connectivity index (χ1n) is 5.94. The van der Waals surface area contributed by atoms with E-state index in [4.69, 9.17) is 4.74 Å². The molecule has 2 aromatic carbocycles. The lowest BCUT2D eigenvalue weighted by Gasteiger charge is -2.14. The molecule has 0 spiro atoms. The summed E-state index contributed by atoms with van der Waals surface area (Å²) in [5.41, 5.74) is -0.0973. The number of alkyl halides is 3. The second-order valence-corrected chi connectivity index (χ2v) is 5.35. The fourth-order valence-electron chi connectivity index (χ4n) is 1.71. The third-order valence-corrected chi connectivity index (χ3v) is 3.91. The van der Waals surface area contributed by atoms with Crippen LogP contribution in [0.25, 0.3) is 0 Å². The zero-order valence-electron chi connectivity index (χ0n) is 10.7. The van der Waals surface area contributed by atoms with Gasteiger partial charge in [-0.05, 0) is 40.3 Å². The first-order chi connectivity index (χ1) is 9.91. The number of halogens is 4. The van der Waals surface area contributed by atoms with Gasteiger partial charge in [0.25, 0.3) is 0 Å². The van der Waals surface area contributed by atoms with Gasteiger partial charge in [0.15, 0.2) is 6.29 Å². The van der Waals surface area contributed by atoms with Gasteiger partial charge in [0, 0.05) is 5.56 Å². The molecule has 2 aromatic rings. The summed E-state index contributed by atoms with van der Waals surface area (Å²) in [6.07, 6.45) is -4.13. The maximum Gasteiger partial charge on any atom is 0.416 e. The molecular formula is C15H10F3IO2. The van der Waals surface area contributed by atoms with Crippen molar-refractivity contribution in [3.05, 3.63) is 62.7 Å². The van der Waals surface area contributed by atoms with Crippen LogP contribution in [0.15, 0.2) is 42.5 Å². The molecule has 0 bridgehead atoms. The topological polar surface area (TPSA) is 26.3 Å². The van der Waals surface area contributed by atoms with E-state index in [0.29, 0.717) is 9.86 Å². The Labute approximate surface area is 133 Å². The van der Waals surface area contributed by atoms with Crippen molar-refractivity contribution in [3.8, 4) is 5.75 Å². The number of hydrogen-bond donors (Lipinski definition) is 0. The highest BCUT2D eigenvalue weighted by Crippen LogP contribution is 2.35. The molecule has 0 heterocycles. The highest BCUT2D eigenvalue weighted by Gasteiger charge is 2.32. The summed E-state index contributed by atoms with van der Waals surface area (Å²) in [6.45, 7) is 0.135. The predicted octanol–water partition coefficient (Wildman–Crippen LogP) is 4.70. The van der Waals surface area contributed by atoms with Crippen LogP contribution in [0, 0.1) is 3.57 Å². The van der Waals surface area contributed by atoms with Crippen molar-refractivity contribution in [1.29, 1.82) is 0 Å². The number of carbonyl (C=O) groups excluding carboxylic acids is 1. The molecule has 110 valence electrons. The molecule has 0 unspecified atom stereocenters. The summed E-state index contributed by atoms with van der Waals surface area (Å²) in [6, 6.07) is 10.8. The SMILES string of the molecule is O=Cc1cc(C(F)(F)F)cc(OCc2ccccc2)c1I. The van der Waals surface area contributed by atoms with Crippen molar-refractivity contribution < 1.29 is 22.7 Å². The molecule has 0 aliphatic heterocycles. The maximum atomic E-state index is 12.8. The lowest BCUT2D eigenvalue weighted by atomic mass is 10.1. The van der Waals surface area contributed by atoms with E-state index >= 15 is 0 Å². The van der Waals surface area contributed by atoms with E-state index in [-0.39, 0.29) is 17.9 Å². The van der Waals surface area contributed by atoms with Crippen LogP contribution in [0.4, 0.5) is 13.2 Å². The lowest BCUT2D eigenvalue weighted by Crippen LogP contribution is -2.08. The largest absolute Gasteiger partial charge is 0.488 e. The summed E-state index contributed by atoms with van der Waals surface area (Å²) < 4.78 is 44.2. The average Bonchev–Trinajstić information content (AvgIpc) is 2.46. The van der Waals surface area contributed by atoms with Crippen molar-refractivity contribution in [2.45, 2.75) is 12.8 Å². The summed E-state index contributed by atoms with van der Waals surface area (Å²) >= 11 is 1.80. The van der Waals surface area contributed by atoms with Crippen LogP contribution in [0.5, 0.6) is 5.75 Å². The van der Waals surface area contributed by atoms with Crippen LogP contribution in [-0.4, -0.2) is 6.29 Å². The van der Waals surface area contributed by atoms with Gasteiger partial charge in [-0.3, -0.25) is 4.79 Å². The van der Waals surface area contributed by atoms with Crippen LogP contribution in [0.1, 0.15) is 21.5 Å². The summed E-state index contributed by atoms with van der Waals surface area (Å²) in [7, 11) is 0. The Morgan fingerprint density at radius 1 is 1.14 bits per heavy atom. The van der Waals surface area contributed by atoms with Gasteiger partial charge in [-0.2, -0.15) is 13.2 Å². The zero-order valence-corrected chi connectivity index (χ0v) is 12.8. The van der Waals surface area contributed by atoms with E-state index in [2.05, 4.69) is 0 Å². The second kappa shape index (κ2) is 6.46. The molecule has 0 aliphatic carbocycles. The average molecular weight is 406 g/mol. The molecular weight excluding hydrogens is 396 g/mol. The van der Waals surface area contributed by atoms with Gasteiger partial charge < -0.3 is 4.74 Å². The lowest BCUT2D eigenvalue weighted by molar-refractivity contribution is -0.137. The van der Waals surface area contributed by atoms with Crippen molar-refractivity contribution in [3.63, 3.8) is 0 Å². The molecule has 0 aromatic heterocycles. The second-order valence-electron chi connectivity index (χ2n) is 4.27. The van der Waals surface area contributed by atoms with Gasteiger partial charge in [-0.15, -0.1) is 0 Å². The molecule has 0 atom stereocenters. The first-order valence-corrected chi connectivity index (χ1v) is 7.02. The molecule has 2 nitrogen and oxygen atoms in total. The van der Waals surface area contributed by atoms with Crippen LogP contribution >= 0.6 is 22.6 Å². The zero-order chi connectivity index (χ0) is 15.5. The van der Waals surface area contributed by atoms with Crippen LogP contribution in [-0.2, 0) is 12.8 Å². The van der Waals surface area contributed by atoms with Crippen molar-refractivity contribution >= 4 is 28.9 Å². The molecule has 6 heteroatoms. The normalized spacial score (nSPS) is 11.2. The summed E-state index contributed by atoms with van der Waals surface area (Å²) in [5, 5.41) is 0. The Balaban J connectivity index is 2.31. The molecule has 0 saturated heterocycles. The van der Waals surface area contributed by atoms with Gasteiger partial charge >= 0.3 is 6.18 Å². The highest BCUT2D eigenvalue weighted by atomic mass is 127. The Morgan fingerprint density at radius 2 is 1.81 bits per heavy atom. The number of rotatable bonds is 4. The van der Waals surface area contributed by atoms with Crippen LogP contribution < -0.4 is 4.74 Å². The predicted molar refractivity (Wildman–Crippen MR) is 80.3 cm³/mol. The van der Waals surface area contributed by atoms with Gasteiger partial charge in [0.05, 0.1) is 9.13 Å². The molecule has 0 radical (unpaired) electrons. The molecule has 0 N–H and O–H groups in total. The number of hydrogen-bond acceptors (Lipinski definition) is 2. The molecule has 0 amide bonds. The Bertz CT molecular complexity index is 639. The minimum atomic E-state index is -4.52. The number of ether oxygens (including phenoxy) is 1. The minimum absolute atomic E-state index is 0.0338. The Hall–Kier alpha value is -1.57. The molecule has 0 fully saturated rings. The number of carbonyl (C=O) groups is 1. The van der Waals surface area contributed by atoms with Crippen molar-refractivity contribution in [1.82, 2.24) is 0 Å². The summed E-state index contributed by atoms with van der Waals surface area (Å²) in [4.78, 5) is 10.9. The summed E-state index contributed by atoms with van der Waals surface area (Å²) in [5.74, 6) is 0.0522. The number of benzene rings is 2. The monoisotopic (exact) mass is 406 g/mol. The van der Waals surface area contributed by atoms with Gasteiger partial charge in [0.1, 0.15) is 12.4 Å². The smallest absolute Gasteiger partial charge is 0.416 e. The Kier molecular flexibility index (Phi) is 4.87. The maximum absolute atomic E-state index is 12.8. The third-order valence-electron chi connectivity index (χ3n) is 2.76. The van der Waals surface area contributed by atoms with Crippen LogP contribution in [0.3, 0.4) is 0 Å². The molecule has 0 aliphatic rings. The van der Waals surface area contributed by atoms with Crippen LogP contribution in [0.2, 0.25) is 0 Å². The fraction of sp³-hybridized carbons (Fsp3) is 0.133. The van der Waals surface area contributed by atoms with E-state index in [1.807, 2.05) is 18.2 Å². The van der Waals surface area contributed by atoms with Crippen molar-refractivity contribution in [2.75, 3.05) is 0 Å². The van der Waals surface area contributed by atoms with Crippen molar-refractivity contribution in [2.24, 2.45) is 0 Å². The molecule has 2 rings (SSSR count). The first kappa shape index (κ1) is 15.8. The molecule has 0 saturated carbocycles. The Morgan fingerprint density at radius 3 is 2.38 bits per heavy atom. The van der Waals surface area contributed by atoms with E-state index < -0.39 is 11.7 Å².